The fraction of sp³-hybridized carbons (Fsp3) is 0.500. The number of nitrogens with zero attached hydrogens (tertiary/aromatic N) is 7. The first-order valence-electron chi connectivity index (χ1n) is 9.06. The summed E-state index contributed by atoms with van der Waals surface area (Å²) >= 11 is 11.9. The summed E-state index contributed by atoms with van der Waals surface area (Å²) in [5.74, 6) is -0.160. The van der Waals surface area contributed by atoms with Crippen LogP contribution in [0.1, 0.15) is 18.9 Å². The highest BCUT2D eigenvalue weighted by molar-refractivity contribution is 6.34. The number of alkyl halides is 1. The average Bonchev–Trinajstić information content (AvgIpc) is 3.27. The molecule has 2 atom stereocenters. The molecule has 11 nitrogen and oxygen atoms in total. The molecule has 0 aromatic carbocycles. The molecular weight excluding hydrogens is 444 g/mol. The van der Waals surface area contributed by atoms with Gasteiger partial charge >= 0.3 is 11.6 Å². The Balaban J connectivity index is 1.43. The van der Waals surface area contributed by atoms with Crippen LogP contribution >= 0.6 is 23.2 Å². The molecule has 0 aliphatic carbocycles. The molecule has 4 heterocycles. The number of aromatic nitrogens is 6. The minimum atomic E-state index is -1.29. The first kappa shape index (κ1) is 20.7. The lowest BCUT2D eigenvalue weighted by Crippen LogP contribution is -2.31. The lowest BCUT2D eigenvalue weighted by molar-refractivity contribution is -0.386. The Morgan fingerprint density at radius 2 is 2.23 bits per heavy atom. The summed E-state index contributed by atoms with van der Waals surface area (Å²) in [7, 11) is 0. The quantitative estimate of drug-likeness (QED) is 0.228. The maximum Gasteiger partial charge on any atom is 0.350 e. The minimum absolute atomic E-state index is 0.0667. The molecule has 0 radical (unpaired) electrons. The van der Waals surface area contributed by atoms with Gasteiger partial charge in [0.1, 0.15) is 12.4 Å². The highest BCUT2D eigenvalue weighted by Gasteiger charge is 2.31. The van der Waals surface area contributed by atoms with Crippen molar-refractivity contribution in [2.24, 2.45) is 0 Å². The molecule has 0 bridgehead atoms. The van der Waals surface area contributed by atoms with E-state index >= 15 is 0 Å². The second-order valence-electron chi connectivity index (χ2n) is 6.60. The van der Waals surface area contributed by atoms with Gasteiger partial charge in [-0.3, -0.25) is 14.8 Å². The van der Waals surface area contributed by atoms with Gasteiger partial charge in [-0.05, 0) is 18.0 Å². The molecule has 4 rings (SSSR count). The van der Waals surface area contributed by atoms with E-state index in [1.807, 2.05) is 0 Å². The van der Waals surface area contributed by atoms with Crippen LogP contribution in [0.25, 0.3) is 11.0 Å². The summed E-state index contributed by atoms with van der Waals surface area (Å²) in [5, 5.41) is 20.5. The molecule has 1 saturated heterocycles. The number of fused-ring (bicyclic) bond motifs is 1. The fourth-order valence-electron chi connectivity index (χ4n) is 3.19. The lowest BCUT2D eigenvalue weighted by Gasteiger charge is -2.25. The molecule has 0 amide bonds. The Labute approximate surface area is 178 Å². The largest absolute Gasteiger partial charge is 0.472 e. The van der Waals surface area contributed by atoms with E-state index < -0.39 is 17.1 Å². The minimum Gasteiger partial charge on any atom is -0.472 e. The van der Waals surface area contributed by atoms with E-state index in [9.17, 15) is 14.5 Å². The maximum absolute atomic E-state index is 14.1. The topological polar surface area (TPSA) is 123 Å². The van der Waals surface area contributed by atoms with Crippen LogP contribution in [-0.4, -0.2) is 60.4 Å². The number of halogens is 3. The summed E-state index contributed by atoms with van der Waals surface area (Å²) in [4.78, 5) is 18.7. The van der Waals surface area contributed by atoms with E-state index in [-0.39, 0.29) is 35.2 Å². The first-order valence-corrected chi connectivity index (χ1v) is 9.82. The Morgan fingerprint density at radius 3 is 3.00 bits per heavy atom. The zero-order chi connectivity index (χ0) is 21.3. The highest BCUT2D eigenvalue weighted by atomic mass is 35.5. The van der Waals surface area contributed by atoms with Crippen LogP contribution in [0.4, 0.5) is 10.1 Å². The molecule has 3 aromatic heterocycles. The second-order valence-corrected chi connectivity index (χ2v) is 7.29. The summed E-state index contributed by atoms with van der Waals surface area (Å²) in [6, 6.07) is -0.628. The Bertz CT molecular complexity index is 1080. The van der Waals surface area contributed by atoms with Crippen molar-refractivity contribution in [3.63, 3.8) is 0 Å². The number of ether oxygens (including phenoxy) is 2. The molecule has 0 spiro atoms. The molecule has 30 heavy (non-hydrogen) atoms. The zero-order valence-electron chi connectivity index (χ0n) is 15.4. The highest BCUT2D eigenvalue weighted by Crippen LogP contribution is 2.31. The van der Waals surface area contributed by atoms with Crippen LogP contribution < -0.4 is 4.74 Å². The van der Waals surface area contributed by atoms with Gasteiger partial charge in [-0.25, -0.2) is 14.1 Å². The van der Waals surface area contributed by atoms with Crippen molar-refractivity contribution in [3.8, 4) is 5.88 Å². The van der Waals surface area contributed by atoms with Crippen LogP contribution in [0, 0.1) is 10.1 Å². The summed E-state index contributed by atoms with van der Waals surface area (Å²) in [5.41, 5.74) is 0.157. The number of nitro groups is 1. The molecule has 0 N–H and O–H groups in total. The standard InChI is InChI=1S/C16H16Cl2FN7O4/c17-13-9-6-20-16(18)21-14(9)24(22-13)3-1-4-30-15-12(26(27)28)7-25(23-15)11-2-5-29-8-10(11)19/h6-7,10-11H,1-5,8H2. The predicted molar refractivity (Wildman–Crippen MR) is 104 cm³/mol. The molecule has 1 aliphatic rings. The normalized spacial score (nSPS) is 19.3. The van der Waals surface area contributed by atoms with Gasteiger partial charge in [0.15, 0.2) is 10.8 Å². The molecule has 3 aromatic rings. The van der Waals surface area contributed by atoms with E-state index in [4.69, 9.17) is 32.7 Å². The summed E-state index contributed by atoms with van der Waals surface area (Å²) in [6.45, 7) is 0.783. The molecular formula is C16H16Cl2FN7O4. The van der Waals surface area contributed by atoms with Crippen molar-refractivity contribution in [1.82, 2.24) is 29.5 Å². The average molecular weight is 460 g/mol. The van der Waals surface area contributed by atoms with Crippen LogP contribution in [0.15, 0.2) is 12.4 Å². The van der Waals surface area contributed by atoms with Crippen LogP contribution in [0.5, 0.6) is 5.88 Å². The molecule has 160 valence electrons. The summed E-state index contributed by atoms with van der Waals surface area (Å²) < 4.78 is 27.5. The van der Waals surface area contributed by atoms with Crippen molar-refractivity contribution >= 4 is 39.9 Å². The lowest BCUT2D eigenvalue weighted by atomic mass is 10.1. The van der Waals surface area contributed by atoms with E-state index in [2.05, 4.69) is 20.2 Å². The molecule has 1 aliphatic heterocycles. The Kier molecular flexibility index (Phi) is 5.97. The van der Waals surface area contributed by atoms with E-state index in [1.165, 1.54) is 17.1 Å². The molecule has 2 unspecified atom stereocenters. The molecule has 14 heteroatoms. The van der Waals surface area contributed by atoms with E-state index in [1.54, 1.807) is 4.68 Å². The van der Waals surface area contributed by atoms with Gasteiger partial charge in [-0.1, -0.05) is 11.6 Å². The number of hydrogen-bond acceptors (Lipinski definition) is 8. The summed E-state index contributed by atoms with van der Waals surface area (Å²) in [6.07, 6.45) is 2.19. The van der Waals surface area contributed by atoms with Crippen molar-refractivity contribution in [2.75, 3.05) is 19.8 Å². The number of hydrogen-bond donors (Lipinski definition) is 0. The van der Waals surface area contributed by atoms with Crippen molar-refractivity contribution in [2.45, 2.75) is 31.6 Å². The van der Waals surface area contributed by atoms with Gasteiger partial charge in [0.2, 0.25) is 5.28 Å². The number of rotatable bonds is 7. The van der Waals surface area contributed by atoms with Crippen molar-refractivity contribution in [1.29, 1.82) is 0 Å². The monoisotopic (exact) mass is 459 g/mol. The van der Waals surface area contributed by atoms with E-state index in [0.717, 1.165) is 0 Å². The van der Waals surface area contributed by atoms with Gasteiger partial charge in [-0.15, -0.1) is 5.10 Å². The predicted octanol–water partition coefficient (Wildman–Crippen LogP) is 3.01. The molecule has 1 fully saturated rings. The maximum atomic E-state index is 14.1. The van der Waals surface area contributed by atoms with E-state index in [0.29, 0.717) is 37.0 Å². The van der Waals surface area contributed by atoms with Gasteiger partial charge in [0.05, 0.1) is 29.6 Å². The Morgan fingerprint density at radius 1 is 1.40 bits per heavy atom. The second kappa shape index (κ2) is 8.66. The third kappa shape index (κ3) is 4.16. The van der Waals surface area contributed by atoms with Crippen molar-refractivity contribution in [3.05, 3.63) is 32.9 Å². The van der Waals surface area contributed by atoms with Crippen LogP contribution in [0.3, 0.4) is 0 Å². The third-order valence-electron chi connectivity index (χ3n) is 4.64. The van der Waals surface area contributed by atoms with Gasteiger partial charge in [0.25, 0.3) is 0 Å². The van der Waals surface area contributed by atoms with Crippen molar-refractivity contribution < 1.29 is 18.8 Å². The first-order chi connectivity index (χ1) is 14.4. The fourth-order valence-corrected chi connectivity index (χ4v) is 3.55. The van der Waals surface area contributed by atoms with Crippen LogP contribution in [0.2, 0.25) is 10.4 Å². The van der Waals surface area contributed by atoms with Gasteiger partial charge in [0, 0.05) is 25.8 Å². The van der Waals surface area contributed by atoms with Gasteiger partial charge in [-0.2, -0.15) is 10.1 Å². The SMILES string of the molecule is O=[N+]([O-])c1cn(C2CCOCC2F)nc1OCCCn1nc(Cl)c2cnc(Cl)nc21. The Hall–Kier alpha value is -2.57. The smallest absolute Gasteiger partial charge is 0.350 e. The zero-order valence-corrected chi connectivity index (χ0v) is 17.0. The third-order valence-corrected chi connectivity index (χ3v) is 5.10. The number of aryl methyl sites for hydroxylation is 1. The van der Waals surface area contributed by atoms with Crippen LogP contribution in [-0.2, 0) is 11.3 Å². The molecule has 0 saturated carbocycles. The van der Waals surface area contributed by atoms with Gasteiger partial charge < -0.3 is 9.47 Å².